The third-order valence-electron chi connectivity index (χ3n) is 3.55. The zero-order valence-electron chi connectivity index (χ0n) is 12.6. The molecule has 1 atom stereocenters. The summed E-state index contributed by atoms with van der Waals surface area (Å²) < 4.78 is 0. The van der Waals surface area contributed by atoms with Crippen LogP contribution in [-0.2, 0) is 17.8 Å². The van der Waals surface area contributed by atoms with Gasteiger partial charge in [-0.2, -0.15) is 0 Å². The van der Waals surface area contributed by atoms with Gasteiger partial charge in [0.1, 0.15) is 0 Å². The average Bonchev–Trinajstić information content (AvgIpc) is 2.50. The number of carboxylic acids is 1. The number of carboxylic acid groups (broad SMARTS) is 1. The molecule has 2 aromatic rings. The number of rotatable bonds is 8. The molecule has 0 amide bonds. The van der Waals surface area contributed by atoms with Gasteiger partial charge in [0.15, 0.2) is 0 Å². The molecule has 1 unspecified atom stereocenters. The molecule has 2 N–H and O–H groups in total. The van der Waals surface area contributed by atoms with Crippen LogP contribution in [0.5, 0.6) is 0 Å². The van der Waals surface area contributed by atoms with Crippen molar-refractivity contribution < 1.29 is 9.90 Å². The Balaban J connectivity index is 1.99. The lowest BCUT2D eigenvalue weighted by molar-refractivity contribution is -0.137. The second-order valence-corrected chi connectivity index (χ2v) is 6.35. The first kappa shape index (κ1) is 17.8. The van der Waals surface area contributed by atoms with Crippen LogP contribution in [0.2, 0.25) is 10.0 Å². The number of benzene rings is 2. The van der Waals surface area contributed by atoms with Gasteiger partial charge in [0.05, 0.1) is 0 Å². The molecule has 0 radical (unpaired) electrons. The first-order valence-electron chi connectivity index (χ1n) is 7.47. The summed E-state index contributed by atoms with van der Waals surface area (Å²) in [4.78, 5) is 10.9. The van der Waals surface area contributed by atoms with E-state index in [0.29, 0.717) is 23.0 Å². The first-order valence-corrected chi connectivity index (χ1v) is 8.22. The molecule has 122 valence electrons. The van der Waals surface area contributed by atoms with E-state index in [0.717, 1.165) is 12.0 Å². The van der Waals surface area contributed by atoms with Crippen LogP contribution in [0.4, 0.5) is 0 Å². The quantitative estimate of drug-likeness (QED) is 0.732. The molecule has 0 saturated heterocycles. The van der Waals surface area contributed by atoms with Gasteiger partial charge in [-0.3, -0.25) is 4.79 Å². The summed E-state index contributed by atoms with van der Waals surface area (Å²) in [5.74, 6) is -0.782. The molecule has 0 spiro atoms. The predicted octanol–water partition coefficient (Wildman–Crippen LogP) is 4.56. The zero-order chi connectivity index (χ0) is 16.7. The number of nitrogens with one attached hydrogen (secondary N) is 1. The molecule has 5 heteroatoms. The molecule has 2 aromatic carbocycles. The molecule has 3 nitrogen and oxygen atoms in total. The standard InChI is InChI=1S/C18H19Cl2NO2/c19-15-8-14(9-16(20)11-15)12-21-17(6-7-18(22)23)10-13-4-2-1-3-5-13/h1-5,8-9,11,17,21H,6-7,10,12H2,(H,22,23). The maximum absolute atomic E-state index is 10.9. The highest BCUT2D eigenvalue weighted by atomic mass is 35.5. The Morgan fingerprint density at radius 2 is 1.70 bits per heavy atom. The largest absolute Gasteiger partial charge is 0.481 e. The van der Waals surface area contributed by atoms with Crippen molar-refractivity contribution in [1.29, 1.82) is 0 Å². The van der Waals surface area contributed by atoms with E-state index < -0.39 is 5.97 Å². The summed E-state index contributed by atoms with van der Waals surface area (Å²) in [6.07, 6.45) is 1.49. The lowest BCUT2D eigenvalue weighted by Crippen LogP contribution is -2.31. The monoisotopic (exact) mass is 351 g/mol. The third kappa shape index (κ3) is 6.61. The summed E-state index contributed by atoms with van der Waals surface area (Å²) in [6.45, 7) is 0.595. The summed E-state index contributed by atoms with van der Waals surface area (Å²) >= 11 is 12.0. The average molecular weight is 352 g/mol. The fraction of sp³-hybridized carbons (Fsp3) is 0.278. The van der Waals surface area contributed by atoms with Crippen molar-refractivity contribution in [2.75, 3.05) is 0 Å². The molecule has 0 aliphatic rings. The Bertz CT molecular complexity index is 626. The molecular formula is C18H19Cl2NO2. The third-order valence-corrected chi connectivity index (χ3v) is 3.99. The topological polar surface area (TPSA) is 49.3 Å². The van der Waals surface area contributed by atoms with Crippen molar-refractivity contribution >= 4 is 29.2 Å². The summed E-state index contributed by atoms with van der Waals surface area (Å²) in [6, 6.07) is 15.5. The molecule has 0 aromatic heterocycles. The van der Waals surface area contributed by atoms with Gasteiger partial charge in [0.25, 0.3) is 0 Å². The van der Waals surface area contributed by atoms with Crippen molar-refractivity contribution in [3.8, 4) is 0 Å². The van der Waals surface area contributed by atoms with Crippen LogP contribution >= 0.6 is 23.2 Å². The van der Waals surface area contributed by atoms with Crippen LogP contribution < -0.4 is 5.32 Å². The lowest BCUT2D eigenvalue weighted by atomic mass is 10.0. The Labute approximate surface area is 146 Å². The smallest absolute Gasteiger partial charge is 0.303 e. The zero-order valence-corrected chi connectivity index (χ0v) is 14.1. The molecule has 0 bridgehead atoms. The Kier molecular flexibility index (Phi) is 6.90. The van der Waals surface area contributed by atoms with Crippen molar-refractivity contribution in [1.82, 2.24) is 5.32 Å². The number of hydrogen-bond acceptors (Lipinski definition) is 2. The van der Waals surface area contributed by atoms with E-state index in [1.165, 1.54) is 5.56 Å². The van der Waals surface area contributed by atoms with Gasteiger partial charge in [-0.1, -0.05) is 53.5 Å². The Morgan fingerprint density at radius 1 is 1.04 bits per heavy atom. The first-order chi connectivity index (χ1) is 11.0. The highest BCUT2D eigenvalue weighted by molar-refractivity contribution is 6.34. The minimum absolute atomic E-state index is 0.0752. The Hall–Kier alpha value is -1.55. The van der Waals surface area contributed by atoms with Gasteiger partial charge >= 0.3 is 5.97 Å². The number of hydrogen-bond donors (Lipinski definition) is 2. The van der Waals surface area contributed by atoms with Crippen LogP contribution in [0.3, 0.4) is 0 Å². The number of carbonyl (C=O) groups is 1. The van der Waals surface area contributed by atoms with Crippen LogP contribution in [-0.4, -0.2) is 17.1 Å². The Morgan fingerprint density at radius 3 is 2.30 bits per heavy atom. The molecule has 0 heterocycles. The fourth-order valence-corrected chi connectivity index (χ4v) is 3.02. The van der Waals surface area contributed by atoms with Crippen LogP contribution in [0.15, 0.2) is 48.5 Å². The molecule has 0 saturated carbocycles. The van der Waals surface area contributed by atoms with E-state index in [4.69, 9.17) is 28.3 Å². The van der Waals surface area contributed by atoms with Crippen molar-refractivity contribution in [3.63, 3.8) is 0 Å². The highest BCUT2D eigenvalue weighted by Gasteiger charge is 2.12. The maximum Gasteiger partial charge on any atom is 0.303 e. The van der Waals surface area contributed by atoms with Crippen LogP contribution in [0.1, 0.15) is 24.0 Å². The SMILES string of the molecule is O=C(O)CCC(Cc1ccccc1)NCc1cc(Cl)cc(Cl)c1. The van der Waals surface area contributed by atoms with Gasteiger partial charge in [0, 0.05) is 29.1 Å². The summed E-state index contributed by atoms with van der Waals surface area (Å²) in [7, 11) is 0. The van der Waals surface area contributed by atoms with Gasteiger partial charge in [-0.15, -0.1) is 0 Å². The highest BCUT2D eigenvalue weighted by Crippen LogP contribution is 2.19. The minimum atomic E-state index is -0.782. The maximum atomic E-state index is 10.9. The predicted molar refractivity (Wildman–Crippen MR) is 94.1 cm³/mol. The van der Waals surface area contributed by atoms with Gasteiger partial charge in [0.2, 0.25) is 0 Å². The van der Waals surface area contributed by atoms with Gasteiger partial charge in [-0.05, 0) is 42.2 Å². The normalized spacial score (nSPS) is 12.1. The van der Waals surface area contributed by atoms with Gasteiger partial charge < -0.3 is 10.4 Å². The summed E-state index contributed by atoms with van der Waals surface area (Å²) in [5.41, 5.74) is 2.16. The van der Waals surface area contributed by atoms with Crippen LogP contribution in [0.25, 0.3) is 0 Å². The molecule has 0 fully saturated rings. The molecule has 2 rings (SSSR count). The fourth-order valence-electron chi connectivity index (χ4n) is 2.45. The lowest BCUT2D eigenvalue weighted by Gasteiger charge is -2.18. The van der Waals surface area contributed by atoms with Crippen molar-refractivity contribution in [2.24, 2.45) is 0 Å². The second-order valence-electron chi connectivity index (χ2n) is 5.48. The van der Waals surface area contributed by atoms with E-state index >= 15 is 0 Å². The van der Waals surface area contributed by atoms with E-state index in [-0.39, 0.29) is 12.5 Å². The minimum Gasteiger partial charge on any atom is -0.481 e. The molecule has 23 heavy (non-hydrogen) atoms. The van der Waals surface area contributed by atoms with E-state index in [1.54, 1.807) is 6.07 Å². The van der Waals surface area contributed by atoms with Crippen LogP contribution in [0, 0.1) is 0 Å². The molecule has 0 aliphatic heterocycles. The second kappa shape index (κ2) is 8.92. The van der Waals surface area contributed by atoms with E-state index in [9.17, 15) is 4.79 Å². The molecular weight excluding hydrogens is 333 g/mol. The van der Waals surface area contributed by atoms with Crippen molar-refractivity contribution in [2.45, 2.75) is 31.8 Å². The van der Waals surface area contributed by atoms with E-state index in [1.807, 2.05) is 42.5 Å². The van der Waals surface area contributed by atoms with E-state index in [2.05, 4.69) is 5.32 Å². The van der Waals surface area contributed by atoms with Crippen molar-refractivity contribution in [3.05, 3.63) is 69.7 Å². The number of aliphatic carboxylic acids is 1. The summed E-state index contributed by atoms with van der Waals surface area (Å²) in [5, 5.41) is 13.5. The molecule has 0 aliphatic carbocycles. The number of halogens is 2. The van der Waals surface area contributed by atoms with Gasteiger partial charge in [-0.25, -0.2) is 0 Å².